The van der Waals surface area contributed by atoms with Gasteiger partial charge in [-0.1, -0.05) is 90.5 Å². The SMILES string of the molecule is Cc1ccc(C(c2ccccc2)c2ccc(N(C)c3ccccc3)cc2)cc1. The molecule has 0 saturated carbocycles. The van der Waals surface area contributed by atoms with Gasteiger partial charge in [0.2, 0.25) is 0 Å². The molecule has 1 unspecified atom stereocenters. The van der Waals surface area contributed by atoms with Crippen LogP contribution >= 0.6 is 0 Å². The molecule has 0 amide bonds. The largest absolute Gasteiger partial charge is 0.345 e. The maximum absolute atomic E-state index is 2.26. The van der Waals surface area contributed by atoms with Gasteiger partial charge in [-0.2, -0.15) is 0 Å². The molecule has 4 aromatic carbocycles. The lowest BCUT2D eigenvalue weighted by Crippen LogP contribution is -2.09. The van der Waals surface area contributed by atoms with Crippen molar-refractivity contribution in [1.82, 2.24) is 0 Å². The van der Waals surface area contributed by atoms with Crippen molar-refractivity contribution in [1.29, 1.82) is 0 Å². The fraction of sp³-hybridized carbons (Fsp3) is 0.111. The predicted octanol–water partition coefficient (Wildman–Crippen LogP) is 6.94. The number of nitrogens with zero attached hydrogens (tertiary/aromatic N) is 1. The van der Waals surface area contributed by atoms with Gasteiger partial charge in [-0.3, -0.25) is 0 Å². The highest BCUT2D eigenvalue weighted by Gasteiger charge is 2.17. The van der Waals surface area contributed by atoms with Crippen LogP contribution in [0.1, 0.15) is 28.2 Å². The molecular weight excluding hydrogens is 338 g/mol. The fourth-order valence-corrected chi connectivity index (χ4v) is 3.67. The second kappa shape index (κ2) is 8.14. The molecule has 0 saturated heterocycles. The number of hydrogen-bond donors (Lipinski definition) is 0. The maximum Gasteiger partial charge on any atom is 0.0408 e. The number of aryl methyl sites for hydroxylation is 1. The van der Waals surface area contributed by atoms with Crippen molar-refractivity contribution in [3.63, 3.8) is 0 Å². The molecule has 0 aliphatic rings. The van der Waals surface area contributed by atoms with Crippen LogP contribution in [0.25, 0.3) is 0 Å². The van der Waals surface area contributed by atoms with E-state index in [2.05, 4.69) is 122 Å². The average Bonchev–Trinajstić information content (AvgIpc) is 2.77. The van der Waals surface area contributed by atoms with E-state index in [0.29, 0.717) is 0 Å². The van der Waals surface area contributed by atoms with E-state index in [9.17, 15) is 0 Å². The third kappa shape index (κ3) is 3.84. The molecule has 4 rings (SSSR count). The van der Waals surface area contributed by atoms with E-state index < -0.39 is 0 Å². The molecule has 0 aliphatic heterocycles. The van der Waals surface area contributed by atoms with Crippen LogP contribution in [0, 0.1) is 6.92 Å². The van der Waals surface area contributed by atoms with E-state index in [1.54, 1.807) is 0 Å². The summed E-state index contributed by atoms with van der Waals surface area (Å²) >= 11 is 0. The smallest absolute Gasteiger partial charge is 0.0408 e. The number of para-hydroxylation sites is 1. The summed E-state index contributed by atoms with van der Waals surface area (Å²) in [6.45, 7) is 2.13. The van der Waals surface area contributed by atoms with Crippen LogP contribution in [0.4, 0.5) is 11.4 Å². The van der Waals surface area contributed by atoms with Gasteiger partial charge in [0, 0.05) is 24.3 Å². The Labute approximate surface area is 167 Å². The van der Waals surface area contributed by atoms with E-state index >= 15 is 0 Å². The van der Waals surface area contributed by atoms with Crippen LogP contribution in [0.5, 0.6) is 0 Å². The second-order valence-electron chi connectivity index (χ2n) is 7.24. The van der Waals surface area contributed by atoms with E-state index in [-0.39, 0.29) is 5.92 Å². The Hall–Kier alpha value is -3.32. The predicted molar refractivity (Wildman–Crippen MR) is 120 cm³/mol. The van der Waals surface area contributed by atoms with E-state index in [0.717, 1.165) is 0 Å². The minimum Gasteiger partial charge on any atom is -0.345 e. The molecule has 0 bridgehead atoms. The zero-order chi connectivity index (χ0) is 19.3. The van der Waals surface area contributed by atoms with Gasteiger partial charge in [0.1, 0.15) is 0 Å². The first-order valence-corrected chi connectivity index (χ1v) is 9.72. The average molecular weight is 364 g/mol. The summed E-state index contributed by atoms with van der Waals surface area (Å²) in [5, 5.41) is 0. The number of hydrogen-bond acceptors (Lipinski definition) is 1. The monoisotopic (exact) mass is 363 g/mol. The van der Waals surface area contributed by atoms with Crippen molar-refractivity contribution in [2.75, 3.05) is 11.9 Å². The quantitative estimate of drug-likeness (QED) is 0.347. The lowest BCUT2D eigenvalue weighted by atomic mass is 9.85. The van der Waals surface area contributed by atoms with Crippen molar-refractivity contribution >= 4 is 11.4 Å². The Morgan fingerprint density at radius 3 is 1.50 bits per heavy atom. The van der Waals surface area contributed by atoms with Crippen LogP contribution in [0.15, 0.2) is 109 Å². The number of benzene rings is 4. The lowest BCUT2D eigenvalue weighted by molar-refractivity contribution is 0.975. The zero-order valence-electron chi connectivity index (χ0n) is 16.4. The van der Waals surface area contributed by atoms with Gasteiger partial charge in [-0.05, 0) is 47.9 Å². The van der Waals surface area contributed by atoms with Crippen molar-refractivity contribution in [2.24, 2.45) is 0 Å². The number of anilines is 2. The molecule has 0 spiro atoms. The van der Waals surface area contributed by atoms with Gasteiger partial charge in [0.25, 0.3) is 0 Å². The Morgan fingerprint density at radius 2 is 0.929 bits per heavy atom. The molecule has 0 heterocycles. The first-order valence-electron chi connectivity index (χ1n) is 9.72. The minimum atomic E-state index is 0.234. The van der Waals surface area contributed by atoms with Crippen molar-refractivity contribution in [2.45, 2.75) is 12.8 Å². The Balaban J connectivity index is 1.70. The first kappa shape index (κ1) is 18.1. The third-order valence-corrected chi connectivity index (χ3v) is 5.30. The molecule has 1 heteroatoms. The Morgan fingerprint density at radius 1 is 0.500 bits per heavy atom. The van der Waals surface area contributed by atoms with E-state index in [1.165, 1.54) is 33.6 Å². The summed E-state index contributed by atoms with van der Waals surface area (Å²) in [7, 11) is 2.11. The van der Waals surface area contributed by atoms with Gasteiger partial charge in [0.15, 0.2) is 0 Å². The second-order valence-corrected chi connectivity index (χ2v) is 7.24. The molecule has 138 valence electrons. The van der Waals surface area contributed by atoms with Gasteiger partial charge in [-0.15, -0.1) is 0 Å². The van der Waals surface area contributed by atoms with Crippen molar-refractivity contribution in [3.05, 3.63) is 131 Å². The summed E-state index contributed by atoms with van der Waals surface area (Å²) < 4.78 is 0. The molecule has 0 aliphatic carbocycles. The minimum absolute atomic E-state index is 0.234. The summed E-state index contributed by atoms with van der Waals surface area (Å²) in [6.07, 6.45) is 0. The molecule has 0 aromatic heterocycles. The van der Waals surface area contributed by atoms with Gasteiger partial charge < -0.3 is 4.90 Å². The molecule has 0 fully saturated rings. The molecular formula is C27H25N. The van der Waals surface area contributed by atoms with Gasteiger partial charge in [-0.25, -0.2) is 0 Å². The summed E-state index contributed by atoms with van der Waals surface area (Å²) in [4.78, 5) is 2.22. The van der Waals surface area contributed by atoms with Crippen LogP contribution < -0.4 is 4.90 Å². The normalized spacial score (nSPS) is 11.8. The number of rotatable bonds is 5. The van der Waals surface area contributed by atoms with E-state index in [4.69, 9.17) is 0 Å². The lowest BCUT2D eigenvalue weighted by Gasteiger charge is -2.22. The highest BCUT2D eigenvalue weighted by molar-refractivity contribution is 5.63. The summed E-state index contributed by atoms with van der Waals surface area (Å²) in [6, 6.07) is 39.0. The Kier molecular flexibility index (Phi) is 5.25. The fourth-order valence-electron chi connectivity index (χ4n) is 3.67. The van der Waals surface area contributed by atoms with Gasteiger partial charge >= 0.3 is 0 Å². The van der Waals surface area contributed by atoms with Crippen LogP contribution in [-0.2, 0) is 0 Å². The highest BCUT2D eigenvalue weighted by atomic mass is 15.1. The van der Waals surface area contributed by atoms with Gasteiger partial charge in [0.05, 0.1) is 0 Å². The first-order chi connectivity index (χ1) is 13.7. The molecule has 4 aromatic rings. The summed E-state index contributed by atoms with van der Waals surface area (Å²) in [5.41, 5.74) is 7.60. The zero-order valence-corrected chi connectivity index (χ0v) is 16.4. The van der Waals surface area contributed by atoms with Crippen LogP contribution in [0.2, 0.25) is 0 Å². The maximum atomic E-state index is 2.26. The van der Waals surface area contributed by atoms with Crippen molar-refractivity contribution < 1.29 is 0 Å². The Bertz CT molecular complexity index is 1000. The summed E-state index contributed by atoms with van der Waals surface area (Å²) in [5.74, 6) is 0.234. The topological polar surface area (TPSA) is 3.24 Å². The molecule has 1 atom stereocenters. The van der Waals surface area contributed by atoms with Crippen LogP contribution in [-0.4, -0.2) is 7.05 Å². The molecule has 28 heavy (non-hydrogen) atoms. The molecule has 0 radical (unpaired) electrons. The van der Waals surface area contributed by atoms with Crippen LogP contribution in [0.3, 0.4) is 0 Å². The highest BCUT2D eigenvalue weighted by Crippen LogP contribution is 2.33. The third-order valence-electron chi connectivity index (χ3n) is 5.30. The molecule has 0 N–H and O–H groups in total. The van der Waals surface area contributed by atoms with Crippen molar-refractivity contribution in [3.8, 4) is 0 Å². The van der Waals surface area contributed by atoms with E-state index in [1.807, 2.05) is 6.07 Å². The standard InChI is InChI=1S/C27H25N/c1-21-13-15-23(16-14-21)27(22-9-5-3-6-10-22)24-17-19-26(20-18-24)28(2)25-11-7-4-8-12-25/h3-20,27H,1-2H3. The molecule has 1 nitrogen and oxygen atoms in total.